The van der Waals surface area contributed by atoms with Crippen molar-refractivity contribution in [1.29, 1.82) is 0 Å². The Morgan fingerprint density at radius 2 is 1.47 bits per heavy atom. The Morgan fingerprint density at radius 3 is 1.87 bits per heavy atom. The van der Waals surface area contributed by atoms with E-state index in [0.717, 1.165) is 6.42 Å². The summed E-state index contributed by atoms with van der Waals surface area (Å²) in [6.07, 6.45) is 1.80. The van der Waals surface area contributed by atoms with Crippen LogP contribution in [0.4, 0.5) is 0 Å². The van der Waals surface area contributed by atoms with Crippen molar-refractivity contribution in [3.63, 3.8) is 0 Å². The van der Waals surface area contributed by atoms with Crippen LogP contribution >= 0.6 is 0 Å². The topological polar surface area (TPSA) is 116 Å². The Hall–Kier alpha value is 0.194. The molecule has 6 N–H and O–H groups in total. The summed E-state index contributed by atoms with van der Waals surface area (Å²) in [7, 11) is -7.82. The zero-order valence-electron chi connectivity index (χ0n) is 9.02. The zero-order valence-corrected chi connectivity index (χ0v) is 11.0. The van der Waals surface area contributed by atoms with Crippen LogP contribution in [0.1, 0.15) is 26.2 Å². The van der Waals surface area contributed by atoms with Gasteiger partial charge in [0.25, 0.3) is 0 Å². The molecule has 92 valence electrons. The molecule has 0 saturated carbocycles. The van der Waals surface area contributed by atoms with Gasteiger partial charge in [0.2, 0.25) is 0 Å². The Balaban J connectivity index is 4.04. The van der Waals surface area contributed by atoms with Crippen LogP contribution in [0.25, 0.3) is 0 Å². The van der Waals surface area contributed by atoms with Gasteiger partial charge in [0.1, 0.15) is 0 Å². The third-order valence-electron chi connectivity index (χ3n) is 1.89. The van der Waals surface area contributed by atoms with Crippen molar-refractivity contribution in [2.75, 3.05) is 6.54 Å². The summed E-state index contributed by atoms with van der Waals surface area (Å²) in [4.78, 5) is 37.7. The first kappa shape index (κ1) is 15.2. The fraction of sp³-hybridized carbons (Fsp3) is 1.00. The SMILES string of the molecule is CCCC[Si](O)(O)O[Si](O)(O)CCCN. The molecule has 6 nitrogen and oxygen atoms in total. The van der Waals surface area contributed by atoms with Crippen LogP contribution in [-0.4, -0.2) is 43.3 Å². The first-order valence-corrected chi connectivity index (χ1v) is 9.14. The third kappa shape index (κ3) is 8.05. The van der Waals surface area contributed by atoms with Crippen LogP contribution in [-0.2, 0) is 4.12 Å². The standard InChI is InChI=1S/C7H21NO5Si2/c1-2-3-6-14(9,10)13-15(11,12)7-4-5-8/h9-12H,2-8H2,1H3. The van der Waals surface area contributed by atoms with Gasteiger partial charge in [0.05, 0.1) is 0 Å². The third-order valence-corrected chi connectivity index (χ3v) is 6.51. The monoisotopic (exact) mass is 255 g/mol. The lowest BCUT2D eigenvalue weighted by Crippen LogP contribution is -2.53. The van der Waals surface area contributed by atoms with Crippen molar-refractivity contribution in [2.24, 2.45) is 5.73 Å². The lowest BCUT2D eigenvalue weighted by Gasteiger charge is -2.25. The van der Waals surface area contributed by atoms with Crippen LogP contribution in [0.15, 0.2) is 0 Å². The summed E-state index contributed by atoms with van der Waals surface area (Å²) in [5.41, 5.74) is 5.21. The van der Waals surface area contributed by atoms with Crippen LogP contribution in [0.3, 0.4) is 0 Å². The summed E-state index contributed by atoms with van der Waals surface area (Å²) in [5.74, 6) is 0. The van der Waals surface area contributed by atoms with Gasteiger partial charge in [-0.05, 0) is 19.4 Å². The highest BCUT2D eigenvalue weighted by Gasteiger charge is 2.44. The molecule has 0 unspecified atom stereocenters. The highest BCUT2D eigenvalue weighted by atomic mass is 28.5. The summed E-state index contributed by atoms with van der Waals surface area (Å²) in [6, 6.07) is 0.105. The van der Waals surface area contributed by atoms with E-state index in [1.807, 2.05) is 6.92 Å². The van der Waals surface area contributed by atoms with Crippen molar-refractivity contribution < 1.29 is 23.3 Å². The summed E-state index contributed by atoms with van der Waals surface area (Å²) in [6.45, 7) is 2.22. The molecule has 0 radical (unpaired) electrons. The van der Waals surface area contributed by atoms with E-state index in [4.69, 9.17) is 5.73 Å². The second-order valence-electron chi connectivity index (χ2n) is 3.58. The molecular weight excluding hydrogens is 234 g/mol. The number of hydrogen-bond acceptors (Lipinski definition) is 6. The molecule has 0 amide bonds. The molecule has 0 fully saturated rings. The van der Waals surface area contributed by atoms with Gasteiger partial charge in [0, 0.05) is 12.1 Å². The van der Waals surface area contributed by atoms with Gasteiger partial charge < -0.3 is 29.0 Å². The molecule has 0 atom stereocenters. The van der Waals surface area contributed by atoms with E-state index in [1.165, 1.54) is 0 Å². The molecule has 0 aliphatic heterocycles. The van der Waals surface area contributed by atoms with E-state index in [9.17, 15) is 19.2 Å². The van der Waals surface area contributed by atoms with Crippen molar-refractivity contribution in [2.45, 2.75) is 38.3 Å². The van der Waals surface area contributed by atoms with E-state index in [-0.39, 0.29) is 12.1 Å². The van der Waals surface area contributed by atoms with Crippen LogP contribution < -0.4 is 5.73 Å². The molecule has 0 aromatic rings. The second-order valence-corrected chi connectivity index (χ2v) is 8.37. The molecule has 0 aromatic heterocycles. The molecule has 0 saturated heterocycles. The molecule has 0 aliphatic carbocycles. The van der Waals surface area contributed by atoms with Gasteiger partial charge in [-0.25, -0.2) is 0 Å². The first-order valence-electron chi connectivity index (χ1n) is 5.13. The Kier molecular flexibility index (Phi) is 6.79. The molecule has 0 spiro atoms. The molecule has 0 heterocycles. The second kappa shape index (κ2) is 6.71. The number of nitrogens with two attached hydrogens (primary N) is 1. The predicted molar refractivity (Wildman–Crippen MR) is 59.7 cm³/mol. The average molecular weight is 255 g/mol. The molecule has 15 heavy (non-hydrogen) atoms. The quantitative estimate of drug-likeness (QED) is 0.355. The minimum atomic E-state index is -3.93. The van der Waals surface area contributed by atoms with Crippen molar-refractivity contribution >= 4 is 17.6 Å². The maximum Gasteiger partial charge on any atom is 0.488 e. The maximum absolute atomic E-state index is 9.44. The van der Waals surface area contributed by atoms with Crippen LogP contribution in [0.5, 0.6) is 0 Å². The molecule has 0 aromatic carbocycles. The lowest BCUT2D eigenvalue weighted by molar-refractivity contribution is 0.153. The normalized spacial score (nSPS) is 13.2. The van der Waals surface area contributed by atoms with Crippen LogP contribution in [0.2, 0.25) is 12.1 Å². The molecule has 8 heteroatoms. The average Bonchev–Trinajstić information content (AvgIpc) is 2.10. The Labute approximate surface area is 92.1 Å². The highest BCUT2D eigenvalue weighted by Crippen LogP contribution is 2.16. The number of unbranched alkanes of at least 4 members (excludes halogenated alkanes) is 1. The largest absolute Gasteiger partial charge is 0.488 e. The zero-order chi connectivity index (χ0) is 11.9. The molecule has 0 aliphatic rings. The van der Waals surface area contributed by atoms with Gasteiger partial charge in [-0.1, -0.05) is 13.3 Å². The molecular formula is C7H21NO5Si2. The Bertz CT molecular complexity index is 161. The van der Waals surface area contributed by atoms with Gasteiger partial charge in [0.15, 0.2) is 0 Å². The van der Waals surface area contributed by atoms with Gasteiger partial charge in [-0.15, -0.1) is 0 Å². The van der Waals surface area contributed by atoms with Gasteiger partial charge >= 0.3 is 17.6 Å². The van der Waals surface area contributed by atoms with E-state index in [0.29, 0.717) is 19.4 Å². The maximum atomic E-state index is 9.44. The van der Waals surface area contributed by atoms with Crippen molar-refractivity contribution in [1.82, 2.24) is 0 Å². The molecule has 0 bridgehead atoms. The van der Waals surface area contributed by atoms with E-state index in [2.05, 4.69) is 4.12 Å². The van der Waals surface area contributed by atoms with E-state index >= 15 is 0 Å². The Morgan fingerprint density at radius 1 is 1.00 bits per heavy atom. The summed E-state index contributed by atoms with van der Waals surface area (Å²) >= 11 is 0. The summed E-state index contributed by atoms with van der Waals surface area (Å²) < 4.78 is 4.67. The number of rotatable bonds is 8. The minimum absolute atomic E-state index is 0.00545. The van der Waals surface area contributed by atoms with Crippen molar-refractivity contribution in [3.8, 4) is 0 Å². The van der Waals surface area contributed by atoms with Crippen LogP contribution in [0, 0.1) is 0 Å². The number of hydrogen-bond donors (Lipinski definition) is 5. The van der Waals surface area contributed by atoms with Gasteiger partial charge in [-0.3, -0.25) is 0 Å². The fourth-order valence-corrected chi connectivity index (χ4v) is 5.49. The highest BCUT2D eigenvalue weighted by molar-refractivity contribution is 6.72. The molecule has 0 rings (SSSR count). The van der Waals surface area contributed by atoms with E-state index in [1.54, 1.807) is 0 Å². The summed E-state index contributed by atoms with van der Waals surface area (Å²) in [5, 5.41) is 0. The van der Waals surface area contributed by atoms with E-state index < -0.39 is 17.6 Å². The van der Waals surface area contributed by atoms with Gasteiger partial charge in [-0.2, -0.15) is 0 Å². The fourth-order valence-electron chi connectivity index (χ4n) is 1.10. The minimum Gasteiger partial charge on any atom is -0.390 e. The van der Waals surface area contributed by atoms with Crippen molar-refractivity contribution in [3.05, 3.63) is 0 Å². The lowest BCUT2D eigenvalue weighted by atomic mass is 10.4. The first-order chi connectivity index (χ1) is 6.83. The smallest absolute Gasteiger partial charge is 0.390 e. The predicted octanol–water partition coefficient (Wildman–Crippen LogP) is -1.00.